The van der Waals surface area contributed by atoms with Crippen molar-refractivity contribution in [1.82, 2.24) is 14.2 Å². The van der Waals surface area contributed by atoms with Gasteiger partial charge in [-0.25, -0.2) is 22.6 Å². The summed E-state index contributed by atoms with van der Waals surface area (Å²) in [6, 6.07) is 12.8. The lowest BCUT2D eigenvalue weighted by Gasteiger charge is -2.44. The molecule has 2 aliphatic rings. The number of amides is 2. The first kappa shape index (κ1) is 38.5. The second kappa shape index (κ2) is 15.9. The molecule has 3 heterocycles. The second-order valence-corrected chi connectivity index (χ2v) is 16.9. The van der Waals surface area contributed by atoms with Crippen LogP contribution in [0.4, 0.5) is 14.9 Å². The summed E-state index contributed by atoms with van der Waals surface area (Å²) in [5.74, 6) is -1.35. The largest absolute Gasteiger partial charge is 0.475 e. The van der Waals surface area contributed by atoms with E-state index in [-0.39, 0.29) is 55.1 Å². The fourth-order valence-electron chi connectivity index (χ4n) is 6.68. The lowest BCUT2D eigenvalue weighted by molar-refractivity contribution is -0.117. The number of hydrogen-bond donors (Lipinski definition) is 2. The Morgan fingerprint density at radius 2 is 1.78 bits per heavy atom. The van der Waals surface area contributed by atoms with Gasteiger partial charge in [-0.05, 0) is 95.7 Å². The number of nitrogens with zero attached hydrogens (tertiary/aromatic N) is 3. The molecule has 2 fully saturated rings. The van der Waals surface area contributed by atoms with E-state index in [2.05, 4.69) is 10.3 Å². The van der Waals surface area contributed by atoms with Gasteiger partial charge < -0.3 is 25.4 Å². The van der Waals surface area contributed by atoms with Crippen molar-refractivity contribution < 1.29 is 31.9 Å². The van der Waals surface area contributed by atoms with E-state index in [1.807, 2.05) is 13.8 Å². The highest BCUT2D eigenvalue weighted by atomic mass is 35.5. The number of ether oxygens (including phenoxy) is 2. The molecule has 0 aliphatic carbocycles. The van der Waals surface area contributed by atoms with Crippen LogP contribution in [0.3, 0.4) is 0 Å². The predicted octanol–water partition coefficient (Wildman–Crippen LogP) is 6.11. The van der Waals surface area contributed by atoms with Crippen molar-refractivity contribution >= 4 is 39.3 Å². The Balaban J connectivity index is 1.38. The fraction of sp³-hybridized carbons (Fsp3) is 0.486. The SMILES string of the molecule is CC(C)Oc1ccc([C@H](c2ccc(Cl)cc2)[C@H](N)C(=O)Nc2cccc(F)c2CC[C@H]2CN(C(=O)OC(C)(C)C)[C@@H]3CCCS(=O)(=O)N2C3)cn1. The highest BCUT2D eigenvalue weighted by molar-refractivity contribution is 7.89. The van der Waals surface area contributed by atoms with Gasteiger partial charge in [0.15, 0.2) is 0 Å². The number of carbonyl (C=O) groups excluding carboxylic acids is 2. The average Bonchev–Trinajstić information content (AvgIpc) is 3.17. The molecule has 276 valence electrons. The van der Waals surface area contributed by atoms with Crippen LogP contribution in [0.2, 0.25) is 5.02 Å². The summed E-state index contributed by atoms with van der Waals surface area (Å²) in [4.78, 5) is 33.1. The number of rotatable bonds is 10. The highest BCUT2D eigenvalue weighted by Gasteiger charge is 2.44. The number of pyridine rings is 1. The zero-order valence-corrected chi connectivity index (χ0v) is 31.2. The third-order valence-corrected chi connectivity index (χ3v) is 11.3. The molecule has 2 aromatic carbocycles. The van der Waals surface area contributed by atoms with Gasteiger partial charge in [-0.3, -0.25) is 4.79 Å². The second-order valence-electron chi connectivity index (χ2n) is 14.4. The molecule has 0 spiro atoms. The molecule has 0 radical (unpaired) electrons. The van der Waals surface area contributed by atoms with Crippen LogP contribution in [-0.2, 0) is 26.0 Å². The molecule has 2 bridgehead atoms. The van der Waals surface area contributed by atoms with E-state index >= 15 is 4.39 Å². The Morgan fingerprint density at radius 3 is 2.43 bits per heavy atom. The molecular formula is C37H47ClFN5O6S. The molecule has 51 heavy (non-hydrogen) atoms. The van der Waals surface area contributed by atoms with E-state index in [0.717, 1.165) is 5.56 Å². The molecule has 1 unspecified atom stereocenters. The molecule has 11 nitrogen and oxygen atoms in total. The number of fused-ring (bicyclic) bond motifs is 2. The Bertz CT molecular complexity index is 1800. The summed E-state index contributed by atoms with van der Waals surface area (Å²) in [7, 11) is -3.60. The van der Waals surface area contributed by atoms with Crippen LogP contribution in [0.1, 0.15) is 76.5 Å². The Morgan fingerprint density at radius 1 is 1.08 bits per heavy atom. The highest BCUT2D eigenvalue weighted by Crippen LogP contribution is 2.33. The molecule has 3 N–H and O–H groups in total. The van der Waals surface area contributed by atoms with Crippen LogP contribution in [-0.4, -0.2) is 83.3 Å². The summed E-state index contributed by atoms with van der Waals surface area (Å²) in [6.45, 7) is 9.39. The van der Waals surface area contributed by atoms with Crippen LogP contribution >= 0.6 is 11.6 Å². The van der Waals surface area contributed by atoms with Crippen LogP contribution in [0.5, 0.6) is 5.88 Å². The Hall–Kier alpha value is -3.78. The van der Waals surface area contributed by atoms with Crippen LogP contribution < -0.4 is 15.8 Å². The van der Waals surface area contributed by atoms with E-state index in [1.165, 1.54) is 16.4 Å². The zero-order chi connectivity index (χ0) is 37.1. The summed E-state index contributed by atoms with van der Waals surface area (Å²) < 4.78 is 55.0. The number of aromatic nitrogens is 1. The van der Waals surface area contributed by atoms with Gasteiger partial charge in [0.2, 0.25) is 21.8 Å². The molecular weight excluding hydrogens is 697 g/mol. The van der Waals surface area contributed by atoms with Gasteiger partial charge in [-0.1, -0.05) is 35.9 Å². The molecule has 1 aromatic heterocycles. The van der Waals surface area contributed by atoms with Gasteiger partial charge in [-0.15, -0.1) is 0 Å². The summed E-state index contributed by atoms with van der Waals surface area (Å²) in [6.07, 6.45) is 2.28. The van der Waals surface area contributed by atoms with Gasteiger partial charge >= 0.3 is 6.09 Å². The minimum atomic E-state index is -3.60. The van der Waals surface area contributed by atoms with Crippen molar-refractivity contribution in [2.45, 2.75) is 96.1 Å². The zero-order valence-electron chi connectivity index (χ0n) is 29.6. The van der Waals surface area contributed by atoms with Crippen molar-refractivity contribution in [1.29, 1.82) is 0 Å². The van der Waals surface area contributed by atoms with Crippen molar-refractivity contribution in [2.75, 3.05) is 24.2 Å². The van der Waals surface area contributed by atoms with Crippen molar-refractivity contribution in [3.8, 4) is 5.88 Å². The topological polar surface area (TPSA) is 144 Å². The smallest absolute Gasteiger partial charge is 0.410 e. The molecule has 14 heteroatoms. The minimum Gasteiger partial charge on any atom is -0.475 e. The van der Waals surface area contributed by atoms with E-state index in [9.17, 15) is 18.0 Å². The average molecular weight is 744 g/mol. The summed E-state index contributed by atoms with van der Waals surface area (Å²) in [5.41, 5.74) is 7.77. The minimum absolute atomic E-state index is 0.0289. The number of benzene rings is 2. The molecule has 2 saturated heterocycles. The van der Waals surface area contributed by atoms with Crippen LogP contribution in [0.25, 0.3) is 0 Å². The van der Waals surface area contributed by atoms with E-state index in [1.54, 1.807) is 74.3 Å². The predicted molar refractivity (Wildman–Crippen MR) is 195 cm³/mol. The number of carbonyl (C=O) groups is 2. The standard InChI is InChI=1S/C37H47ClFN5O6S/c1-23(2)49-32-18-13-25(20-41-32)33(24-11-14-26(38)15-12-24)34(40)35(45)42-31-10-6-9-30(39)29(31)17-16-28-21-43(36(46)50-37(3,4)5)27-8-7-19-51(47,48)44(28)22-27/h6,9-15,18,20,23,27-28,33-34H,7-8,16-17,19,21-22,40H2,1-5H3,(H,42,45)/t27-,28+,33+,34+/m1/s1. The fourth-order valence-corrected chi connectivity index (χ4v) is 8.60. The Labute approximate surface area is 304 Å². The van der Waals surface area contributed by atoms with Gasteiger partial charge in [-0.2, -0.15) is 4.31 Å². The number of sulfonamides is 1. The van der Waals surface area contributed by atoms with Crippen LogP contribution in [0, 0.1) is 5.82 Å². The number of piperazine rings is 1. The molecule has 3 aromatic rings. The lowest BCUT2D eigenvalue weighted by atomic mass is 9.85. The maximum Gasteiger partial charge on any atom is 0.410 e. The molecule has 2 amide bonds. The van der Waals surface area contributed by atoms with Gasteiger partial charge in [0.1, 0.15) is 11.4 Å². The quantitative estimate of drug-likeness (QED) is 0.254. The number of nitrogens with two attached hydrogens (primary N) is 1. The molecule has 2 aliphatic heterocycles. The monoisotopic (exact) mass is 743 g/mol. The molecule has 5 rings (SSSR count). The first-order valence-electron chi connectivity index (χ1n) is 17.2. The normalized spacial score (nSPS) is 21.4. The number of hydrogen-bond acceptors (Lipinski definition) is 8. The summed E-state index contributed by atoms with van der Waals surface area (Å²) >= 11 is 6.16. The Kier molecular flexibility index (Phi) is 12.0. The van der Waals surface area contributed by atoms with E-state index in [4.69, 9.17) is 26.8 Å². The third kappa shape index (κ3) is 9.56. The summed E-state index contributed by atoms with van der Waals surface area (Å²) in [5, 5.41) is 3.36. The third-order valence-electron chi connectivity index (χ3n) is 9.04. The first-order valence-corrected chi connectivity index (χ1v) is 19.2. The van der Waals surface area contributed by atoms with Crippen molar-refractivity contribution in [2.24, 2.45) is 5.73 Å². The van der Waals surface area contributed by atoms with Crippen molar-refractivity contribution in [3.63, 3.8) is 0 Å². The first-order chi connectivity index (χ1) is 24.0. The van der Waals surface area contributed by atoms with Gasteiger partial charge in [0, 0.05) is 59.6 Å². The van der Waals surface area contributed by atoms with E-state index < -0.39 is 51.4 Å². The van der Waals surface area contributed by atoms with Crippen LogP contribution in [0.15, 0.2) is 60.8 Å². The van der Waals surface area contributed by atoms with Gasteiger partial charge in [0.05, 0.1) is 17.9 Å². The van der Waals surface area contributed by atoms with Gasteiger partial charge in [0.25, 0.3) is 0 Å². The number of halogens is 2. The lowest BCUT2D eigenvalue weighted by Crippen LogP contribution is -2.60. The number of nitrogens with one attached hydrogen (secondary N) is 1. The molecule has 5 atom stereocenters. The molecule has 0 saturated carbocycles. The van der Waals surface area contributed by atoms with Crippen molar-refractivity contribution in [3.05, 3.63) is 88.3 Å². The number of anilines is 1. The van der Waals surface area contributed by atoms with E-state index in [0.29, 0.717) is 29.3 Å². The maximum absolute atomic E-state index is 15.5. The maximum atomic E-state index is 15.5.